The van der Waals surface area contributed by atoms with E-state index in [0.717, 1.165) is 31.6 Å². The number of nitrogens with two attached hydrogens (primary N) is 1. The number of amides is 3. The Morgan fingerprint density at radius 1 is 1.20 bits per heavy atom. The predicted octanol–water partition coefficient (Wildman–Crippen LogP) is 2.49. The van der Waals surface area contributed by atoms with E-state index in [-0.39, 0.29) is 12.1 Å². The molecule has 3 amide bonds. The summed E-state index contributed by atoms with van der Waals surface area (Å²) in [6.45, 7) is 2.24. The molecule has 5 heteroatoms. The fourth-order valence-electron chi connectivity index (χ4n) is 2.51. The average Bonchev–Trinajstić information content (AvgIpc) is 2.41. The van der Waals surface area contributed by atoms with Crippen molar-refractivity contribution in [1.29, 1.82) is 0 Å². The molecule has 1 saturated carbocycles. The Morgan fingerprint density at radius 2 is 1.90 bits per heavy atom. The van der Waals surface area contributed by atoms with Crippen molar-refractivity contribution in [1.82, 2.24) is 5.32 Å². The van der Waals surface area contributed by atoms with E-state index in [4.69, 9.17) is 5.73 Å². The first-order valence-electron chi connectivity index (χ1n) is 7.02. The molecule has 0 unspecified atom stereocenters. The Morgan fingerprint density at radius 3 is 2.55 bits per heavy atom. The maximum Gasteiger partial charge on any atom is 0.319 e. The molecule has 0 radical (unpaired) electrons. The van der Waals surface area contributed by atoms with Crippen LogP contribution >= 0.6 is 0 Å². The Bertz CT molecular complexity index is 494. The molecule has 2 rings (SSSR count). The van der Waals surface area contributed by atoms with Crippen molar-refractivity contribution in [3.8, 4) is 0 Å². The molecule has 5 nitrogen and oxygen atoms in total. The van der Waals surface area contributed by atoms with E-state index in [1.165, 1.54) is 0 Å². The molecular weight excluding hydrogens is 254 g/mol. The summed E-state index contributed by atoms with van der Waals surface area (Å²) in [6.07, 6.45) is 4.36. The second-order valence-corrected chi connectivity index (χ2v) is 5.50. The summed E-state index contributed by atoms with van der Waals surface area (Å²) in [5, 5.41) is 5.71. The van der Waals surface area contributed by atoms with E-state index in [9.17, 15) is 9.59 Å². The number of hydrogen-bond acceptors (Lipinski definition) is 2. The first-order chi connectivity index (χ1) is 9.54. The zero-order valence-electron chi connectivity index (χ0n) is 11.7. The highest BCUT2D eigenvalue weighted by Gasteiger charge is 2.19. The van der Waals surface area contributed by atoms with Gasteiger partial charge < -0.3 is 16.4 Å². The Balaban J connectivity index is 1.88. The third kappa shape index (κ3) is 3.98. The van der Waals surface area contributed by atoms with E-state index in [2.05, 4.69) is 17.6 Å². The molecule has 0 heterocycles. The largest absolute Gasteiger partial charge is 0.366 e. The minimum absolute atomic E-state index is 0.230. The number of nitrogens with one attached hydrogen (secondary N) is 2. The van der Waals surface area contributed by atoms with Crippen molar-refractivity contribution >= 4 is 17.6 Å². The van der Waals surface area contributed by atoms with Crippen LogP contribution in [0.5, 0.6) is 0 Å². The highest BCUT2D eigenvalue weighted by molar-refractivity contribution is 5.95. The topological polar surface area (TPSA) is 84.2 Å². The number of carbonyl (C=O) groups is 2. The molecule has 0 bridgehead atoms. The van der Waals surface area contributed by atoms with Crippen LogP contribution < -0.4 is 16.4 Å². The summed E-state index contributed by atoms with van der Waals surface area (Å²) in [5.41, 5.74) is 6.16. The van der Waals surface area contributed by atoms with Crippen LogP contribution in [0, 0.1) is 5.92 Å². The lowest BCUT2D eigenvalue weighted by molar-refractivity contribution is 0.100. The van der Waals surface area contributed by atoms with Gasteiger partial charge in [0.1, 0.15) is 0 Å². The van der Waals surface area contributed by atoms with Crippen molar-refractivity contribution in [3.63, 3.8) is 0 Å². The van der Waals surface area contributed by atoms with Crippen LogP contribution in [0.3, 0.4) is 0 Å². The summed E-state index contributed by atoms with van der Waals surface area (Å²) in [4.78, 5) is 23.0. The van der Waals surface area contributed by atoms with Gasteiger partial charge in [0.25, 0.3) is 0 Å². The summed E-state index contributed by atoms with van der Waals surface area (Å²) >= 11 is 0. The van der Waals surface area contributed by atoms with Crippen LogP contribution in [0.2, 0.25) is 0 Å². The normalized spacial score (nSPS) is 22.1. The van der Waals surface area contributed by atoms with E-state index in [0.29, 0.717) is 11.3 Å². The fourth-order valence-corrected chi connectivity index (χ4v) is 2.51. The summed E-state index contributed by atoms with van der Waals surface area (Å²) in [6, 6.07) is 6.63. The maximum atomic E-state index is 11.9. The lowest BCUT2D eigenvalue weighted by atomic mass is 9.87. The Labute approximate surface area is 118 Å². The van der Waals surface area contributed by atoms with Crippen LogP contribution in [0.15, 0.2) is 24.3 Å². The molecule has 1 fully saturated rings. The molecule has 0 aromatic heterocycles. The van der Waals surface area contributed by atoms with Gasteiger partial charge in [0.15, 0.2) is 0 Å². The number of urea groups is 1. The highest BCUT2D eigenvalue weighted by Crippen LogP contribution is 2.23. The van der Waals surface area contributed by atoms with Crippen molar-refractivity contribution in [2.75, 3.05) is 5.32 Å². The average molecular weight is 275 g/mol. The quantitative estimate of drug-likeness (QED) is 0.791. The van der Waals surface area contributed by atoms with Gasteiger partial charge >= 0.3 is 6.03 Å². The van der Waals surface area contributed by atoms with Gasteiger partial charge in [0, 0.05) is 17.3 Å². The van der Waals surface area contributed by atoms with Gasteiger partial charge in [-0.25, -0.2) is 4.79 Å². The van der Waals surface area contributed by atoms with Gasteiger partial charge in [0.2, 0.25) is 5.91 Å². The third-order valence-corrected chi connectivity index (χ3v) is 3.76. The van der Waals surface area contributed by atoms with E-state index in [1.54, 1.807) is 24.3 Å². The number of carbonyl (C=O) groups excluding carboxylic acids is 2. The molecule has 0 atom stereocenters. The number of anilines is 1. The fraction of sp³-hybridized carbons (Fsp3) is 0.467. The molecule has 1 aromatic rings. The van der Waals surface area contributed by atoms with E-state index >= 15 is 0 Å². The van der Waals surface area contributed by atoms with Gasteiger partial charge in [0.05, 0.1) is 0 Å². The van der Waals surface area contributed by atoms with Crippen LogP contribution in [0.1, 0.15) is 43.0 Å². The van der Waals surface area contributed by atoms with Crippen molar-refractivity contribution in [3.05, 3.63) is 29.8 Å². The molecule has 20 heavy (non-hydrogen) atoms. The van der Waals surface area contributed by atoms with Crippen LogP contribution in [-0.4, -0.2) is 18.0 Å². The molecule has 0 aliphatic heterocycles. The minimum Gasteiger partial charge on any atom is -0.366 e. The molecular formula is C15H21N3O2. The highest BCUT2D eigenvalue weighted by atomic mass is 16.2. The predicted molar refractivity (Wildman–Crippen MR) is 78.5 cm³/mol. The number of hydrogen-bond donors (Lipinski definition) is 3. The lowest BCUT2D eigenvalue weighted by Gasteiger charge is -2.26. The number of primary amides is 1. The van der Waals surface area contributed by atoms with Gasteiger partial charge in [-0.2, -0.15) is 0 Å². The van der Waals surface area contributed by atoms with Gasteiger partial charge in [-0.1, -0.05) is 13.0 Å². The smallest absolute Gasteiger partial charge is 0.319 e. The lowest BCUT2D eigenvalue weighted by Crippen LogP contribution is -2.39. The molecule has 108 valence electrons. The molecule has 1 aromatic carbocycles. The van der Waals surface area contributed by atoms with Crippen LogP contribution in [0.25, 0.3) is 0 Å². The van der Waals surface area contributed by atoms with Gasteiger partial charge in [-0.15, -0.1) is 0 Å². The molecule has 0 spiro atoms. The third-order valence-electron chi connectivity index (χ3n) is 3.76. The molecule has 4 N–H and O–H groups in total. The second kappa shape index (κ2) is 6.41. The zero-order chi connectivity index (χ0) is 14.5. The number of rotatable bonds is 3. The summed E-state index contributed by atoms with van der Waals surface area (Å²) < 4.78 is 0. The maximum absolute atomic E-state index is 11.9. The minimum atomic E-state index is -0.504. The van der Waals surface area contributed by atoms with Crippen molar-refractivity contribution in [2.45, 2.75) is 38.6 Å². The Kier molecular flexibility index (Phi) is 4.61. The van der Waals surface area contributed by atoms with Crippen LogP contribution in [-0.2, 0) is 0 Å². The Hall–Kier alpha value is -2.04. The SMILES string of the molecule is CC1CCC(NC(=O)Nc2cccc(C(N)=O)c2)CC1. The first-order valence-corrected chi connectivity index (χ1v) is 7.02. The molecule has 1 aliphatic carbocycles. The summed E-state index contributed by atoms with van der Waals surface area (Å²) in [5.74, 6) is 0.249. The van der Waals surface area contributed by atoms with Crippen molar-refractivity contribution < 1.29 is 9.59 Å². The standard InChI is InChI=1S/C15H21N3O2/c1-10-5-7-12(8-6-10)17-15(20)18-13-4-2-3-11(9-13)14(16)19/h2-4,9-10,12H,5-8H2,1H3,(H2,16,19)(H2,17,18,20). The monoisotopic (exact) mass is 275 g/mol. The number of benzene rings is 1. The van der Waals surface area contributed by atoms with Gasteiger partial charge in [-0.3, -0.25) is 4.79 Å². The van der Waals surface area contributed by atoms with Gasteiger partial charge in [-0.05, 0) is 49.8 Å². The van der Waals surface area contributed by atoms with E-state index < -0.39 is 5.91 Å². The first kappa shape index (κ1) is 14.4. The van der Waals surface area contributed by atoms with Crippen molar-refractivity contribution in [2.24, 2.45) is 11.7 Å². The van der Waals surface area contributed by atoms with Crippen LogP contribution in [0.4, 0.5) is 10.5 Å². The zero-order valence-corrected chi connectivity index (χ0v) is 11.7. The molecule has 1 aliphatic rings. The summed E-state index contributed by atoms with van der Waals surface area (Å²) in [7, 11) is 0. The van der Waals surface area contributed by atoms with E-state index in [1.807, 2.05) is 0 Å². The second-order valence-electron chi connectivity index (χ2n) is 5.50. The molecule has 0 saturated heterocycles.